The van der Waals surface area contributed by atoms with Gasteiger partial charge in [0.2, 0.25) is 0 Å². The molecule has 0 spiro atoms. The number of alkyl halides is 2. The second-order valence-corrected chi connectivity index (χ2v) is 5.05. The molecule has 1 aliphatic rings. The van der Waals surface area contributed by atoms with Gasteiger partial charge in [0, 0.05) is 11.8 Å². The molecule has 0 bridgehead atoms. The van der Waals surface area contributed by atoms with Crippen molar-refractivity contribution in [3.05, 3.63) is 12.2 Å². The van der Waals surface area contributed by atoms with E-state index in [1.54, 1.807) is 6.92 Å². The van der Waals surface area contributed by atoms with Crippen molar-refractivity contribution in [2.24, 2.45) is 11.8 Å². The van der Waals surface area contributed by atoms with Crippen molar-refractivity contribution in [1.29, 1.82) is 0 Å². The fourth-order valence-electron chi connectivity index (χ4n) is 1.55. The van der Waals surface area contributed by atoms with Gasteiger partial charge in [-0.05, 0) is 19.8 Å². The van der Waals surface area contributed by atoms with Crippen molar-refractivity contribution in [3.8, 4) is 0 Å². The standard InChI is InChI=1S/C9H12Cl2O/c1-9(10,11)8-5-3-2-4-7(8)6-12/h3,5-8H,2,4H2,1H3. The lowest BCUT2D eigenvalue weighted by atomic mass is 9.83. The van der Waals surface area contributed by atoms with E-state index in [2.05, 4.69) is 0 Å². The Kier molecular flexibility index (Phi) is 3.19. The molecule has 0 heterocycles. The molecule has 0 saturated heterocycles. The van der Waals surface area contributed by atoms with E-state index in [0.717, 1.165) is 19.1 Å². The number of rotatable bonds is 2. The SMILES string of the molecule is CC(Cl)(Cl)C1C=CCCC1C=O. The summed E-state index contributed by atoms with van der Waals surface area (Å²) in [5, 5.41) is 0. The van der Waals surface area contributed by atoms with Gasteiger partial charge in [0.1, 0.15) is 10.6 Å². The van der Waals surface area contributed by atoms with Crippen LogP contribution in [0.2, 0.25) is 0 Å². The van der Waals surface area contributed by atoms with Crippen LogP contribution in [0.15, 0.2) is 12.2 Å². The van der Waals surface area contributed by atoms with Crippen LogP contribution in [-0.4, -0.2) is 10.6 Å². The van der Waals surface area contributed by atoms with E-state index in [4.69, 9.17) is 23.2 Å². The first kappa shape index (κ1) is 10.1. The van der Waals surface area contributed by atoms with E-state index in [0.29, 0.717) is 0 Å². The van der Waals surface area contributed by atoms with E-state index in [-0.39, 0.29) is 11.8 Å². The van der Waals surface area contributed by atoms with Crippen molar-refractivity contribution >= 4 is 29.5 Å². The van der Waals surface area contributed by atoms with Gasteiger partial charge in [-0.1, -0.05) is 12.2 Å². The van der Waals surface area contributed by atoms with Crippen LogP contribution in [-0.2, 0) is 4.79 Å². The average Bonchev–Trinajstić information content (AvgIpc) is 2.03. The third-order valence-corrected chi connectivity index (χ3v) is 2.74. The number of halogens is 2. The van der Waals surface area contributed by atoms with Crippen LogP contribution in [0.25, 0.3) is 0 Å². The topological polar surface area (TPSA) is 17.1 Å². The Balaban J connectivity index is 2.77. The molecule has 0 amide bonds. The van der Waals surface area contributed by atoms with Crippen molar-refractivity contribution in [3.63, 3.8) is 0 Å². The molecule has 1 nitrogen and oxygen atoms in total. The third kappa shape index (κ3) is 2.24. The zero-order valence-corrected chi connectivity index (χ0v) is 8.48. The molecule has 2 unspecified atom stereocenters. The van der Waals surface area contributed by atoms with Gasteiger partial charge >= 0.3 is 0 Å². The van der Waals surface area contributed by atoms with E-state index < -0.39 is 4.33 Å². The van der Waals surface area contributed by atoms with Crippen molar-refractivity contribution in [2.75, 3.05) is 0 Å². The highest BCUT2D eigenvalue weighted by atomic mass is 35.5. The van der Waals surface area contributed by atoms with Gasteiger partial charge in [0.05, 0.1) is 0 Å². The Hall–Kier alpha value is -0.0100. The number of allylic oxidation sites excluding steroid dienone is 2. The highest BCUT2D eigenvalue weighted by molar-refractivity contribution is 6.48. The predicted octanol–water partition coefficient (Wildman–Crippen LogP) is 2.96. The van der Waals surface area contributed by atoms with Crippen molar-refractivity contribution in [2.45, 2.75) is 24.1 Å². The first-order valence-electron chi connectivity index (χ1n) is 4.05. The smallest absolute Gasteiger partial charge is 0.123 e. The van der Waals surface area contributed by atoms with E-state index in [1.807, 2.05) is 12.2 Å². The molecular weight excluding hydrogens is 195 g/mol. The molecule has 3 heteroatoms. The van der Waals surface area contributed by atoms with Gasteiger partial charge in [0.15, 0.2) is 0 Å². The van der Waals surface area contributed by atoms with Crippen LogP contribution < -0.4 is 0 Å². The molecule has 0 aromatic heterocycles. The molecular formula is C9H12Cl2O. The van der Waals surface area contributed by atoms with Gasteiger partial charge < -0.3 is 4.79 Å². The zero-order valence-electron chi connectivity index (χ0n) is 6.97. The summed E-state index contributed by atoms with van der Waals surface area (Å²) in [5.74, 6) is -0.0536. The number of carbonyl (C=O) groups excluding carboxylic acids is 1. The highest BCUT2D eigenvalue weighted by Crippen LogP contribution is 2.39. The predicted molar refractivity (Wildman–Crippen MR) is 51.5 cm³/mol. The van der Waals surface area contributed by atoms with Gasteiger partial charge in [-0.15, -0.1) is 23.2 Å². The average molecular weight is 207 g/mol. The number of hydrogen-bond acceptors (Lipinski definition) is 1. The minimum absolute atomic E-state index is 0.0185. The molecule has 1 rings (SSSR count). The van der Waals surface area contributed by atoms with Crippen LogP contribution in [0.5, 0.6) is 0 Å². The van der Waals surface area contributed by atoms with Crippen LogP contribution in [0.4, 0.5) is 0 Å². The lowest BCUT2D eigenvalue weighted by molar-refractivity contribution is -0.112. The lowest BCUT2D eigenvalue weighted by Crippen LogP contribution is -2.30. The largest absolute Gasteiger partial charge is 0.303 e. The number of aldehydes is 1. The minimum atomic E-state index is -0.831. The summed E-state index contributed by atoms with van der Waals surface area (Å²) >= 11 is 11.9. The molecule has 0 aliphatic heterocycles. The molecule has 0 fully saturated rings. The molecule has 0 saturated carbocycles. The molecule has 12 heavy (non-hydrogen) atoms. The van der Waals surface area contributed by atoms with Crippen LogP contribution in [0.1, 0.15) is 19.8 Å². The maximum absolute atomic E-state index is 10.7. The van der Waals surface area contributed by atoms with E-state index in [1.165, 1.54) is 0 Å². The molecule has 0 radical (unpaired) electrons. The third-order valence-electron chi connectivity index (χ3n) is 2.23. The summed E-state index contributed by atoms with van der Waals surface area (Å²) in [7, 11) is 0. The van der Waals surface area contributed by atoms with Crippen LogP contribution in [0, 0.1) is 11.8 Å². The fraction of sp³-hybridized carbons (Fsp3) is 0.667. The maximum atomic E-state index is 10.7. The Labute approximate surface area is 82.7 Å². The summed E-state index contributed by atoms with van der Waals surface area (Å²) in [5.41, 5.74) is 0. The van der Waals surface area contributed by atoms with Gasteiger partial charge in [-0.2, -0.15) is 0 Å². The molecule has 1 aliphatic carbocycles. The Morgan fingerprint density at radius 1 is 1.58 bits per heavy atom. The summed E-state index contributed by atoms with van der Waals surface area (Å²) < 4.78 is -0.831. The van der Waals surface area contributed by atoms with Gasteiger partial charge in [0.25, 0.3) is 0 Å². The van der Waals surface area contributed by atoms with E-state index in [9.17, 15) is 4.79 Å². The van der Waals surface area contributed by atoms with Gasteiger partial charge in [-0.3, -0.25) is 0 Å². The monoisotopic (exact) mass is 206 g/mol. The van der Waals surface area contributed by atoms with Crippen molar-refractivity contribution in [1.82, 2.24) is 0 Å². The molecule has 0 aromatic rings. The second-order valence-electron chi connectivity index (χ2n) is 3.29. The second kappa shape index (κ2) is 3.80. The normalized spacial score (nSPS) is 30.2. The zero-order chi connectivity index (χ0) is 9.19. The Bertz CT molecular complexity index is 193. The molecule has 68 valence electrons. The number of carbonyl (C=O) groups is 1. The minimum Gasteiger partial charge on any atom is -0.303 e. The number of hydrogen-bond donors (Lipinski definition) is 0. The summed E-state index contributed by atoms with van der Waals surface area (Å²) in [6.07, 6.45) is 6.75. The van der Waals surface area contributed by atoms with E-state index >= 15 is 0 Å². The Morgan fingerprint density at radius 2 is 2.25 bits per heavy atom. The quantitative estimate of drug-likeness (QED) is 0.386. The summed E-state index contributed by atoms with van der Waals surface area (Å²) in [6, 6.07) is 0. The van der Waals surface area contributed by atoms with Crippen LogP contribution in [0.3, 0.4) is 0 Å². The van der Waals surface area contributed by atoms with Gasteiger partial charge in [-0.25, -0.2) is 0 Å². The highest BCUT2D eigenvalue weighted by Gasteiger charge is 2.35. The fourth-order valence-corrected chi connectivity index (χ4v) is 2.02. The Morgan fingerprint density at radius 3 is 2.67 bits per heavy atom. The molecule has 0 N–H and O–H groups in total. The van der Waals surface area contributed by atoms with Crippen molar-refractivity contribution < 1.29 is 4.79 Å². The first-order chi connectivity index (χ1) is 5.55. The summed E-state index contributed by atoms with van der Waals surface area (Å²) in [4.78, 5) is 10.7. The molecule has 0 aromatic carbocycles. The first-order valence-corrected chi connectivity index (χ1v) is 4.81. The summed E-state index contributed by atoms with van der Waals surface area (Å²) in [6.45, 7) is 1.73. The van der Waals surface area contributed by atoms with Crippen LogP contribution >= 0.6 is 23.2 Å². The molecule has 2 atom stereocenters. The maximum Gasteiger partial charge on any atom is 0.123 e. The lowest BCUT2D eigenvalue weighted by Gasteiger charge is -2.30.